The van der Waals surface area contributed by atoms with E-state index < -0.39 is 48.5 Å². The second kappa shape index (κ2) is 17.7. The first-order valence-electron chi connectivity index (χ1n) is 22.9. The van der Waals surface area contributed by atoms with Crippen LogP contribution >= 0.6 is 11.3 Å². The Labute approximate surface area is 390 Å². The topological polar surface area (TPSA) is 185 Å². The molecule has 6 aromatic rings. The number of amides is 1. The van der Waals surface area contributed by atoms with Gasteiger partial charge in [-0.25, -0.2) is 31.9 Å². The molecule has 3 aromatic heterocycles. The van der Waals surface area contributed by atoms with Crippen LogP contribution in [0, 0.1) is 21.3 Å². The summed E-state index contributed by atoms with van der Waals surface area (Å²) in [5.41, 5.74) is 2.07. The SMILES string of the molecule is CC(C)c1ccccc1[C@@H]1CCCN1C1CC2(CCN(c3cc(Oc4cnc5[nH]ccc5c4)c(C(=O)NS(=O)(=O)c4cc([N+](=O)[O-])c(NCC5(F)CCOCC5)c5scnc45)cc3F)CC2)C1. The molecule has 3 aliphatic heterocycles. The summed E-state index contributed by atoms with van der Waals surface area (Å²) >= 11 is 0.923. The molecule has 10 rings (SSSR count). The van der Waals surface area contributed by atoms with Crippen molar-refractivity contribution in [1.82, 2.24) is 24.6 Å². The summed E-state index contributed by atoms with van der Waals surface area (Å²) in [6, 6.07) is 16.4. The maximum atomic E-state index is 16.5. The average molecular weight is 955 g/mol. The number of benzene rings is 3. The number of hydrogen-bond donors (Lipinski definition) is 3. The van der Waals surface area contributed by atoms with Gasteiger partial charge in [-0.1, -0.05) is 38.1 Å². The number of thiazole rings is 1. The third-order valence-corrected chi connectivity index (χ3v) is 16.6. The normalized spacial score (nSPS) is 19.8. The molecule has 1 saturated carbocycles. The lowest BCUT2D eigenvalue weighted by molar-refractivity contribution is -0.384. The van der Waals surface area contributed by atoms with Gasteiger partial charge in [-0.15, -0.1) is 11.3 Å². The highest BCUT2D eigenvalue weighted by Gasteiger charge is 2.50. The average Bonchev–Trinajstić information content (AvgIpc) is 4.10. The van der Waals surface area contributed by atoms with Gasteiger partial charge in [0, 0.05) is 81.5 Å². The number of pyridine rings is 1. The second-order valence-electron chi connectivity index (χ2n) is 18.8. The highest BCUT2D eigenvalue weighted by atomic mass is 32.2. The minimum Gasteiger partial charge on any atom is -0.455 e. The van der Waals surface area contributed by atoms with Crippen LogP contribution < -0.4 is 19.7 Å². The number of carbonyl (C=O) groups is 1. The Kier molecular flexibility index (Phi) is 11.9. The van der Waals surface area contributed by atoms with Crippen LogP contribution in [-0.2, 0) is 14.8 Å². The van der Waals surface area contributed by atoms with Crippen LogP contribution in [0.3, 0.4) is 0 Å². The molecule has 6 heterocycles. The molecule has 4 fully saturated rings. The first-order chi connectivity index (χ1) is 32.2. The van der Waals surface area contributed by atoms with E-state index in [-0.39, 0.29) is 71.1 Å². The van der Waals surface area contributed by atoms with Crippen LogP contribution in [0.1, 0.15) is 98.7 Å². The van der Waals surface area contributed by atoms with Crippen molar-refractivity contribution in [2.75, 3.05) is 49.6 Å². The molecular formula is C48H52F2N8O7S2. The van der Waals surface area contributed by atoms with E-state index in [9.17, 15) is 23.3 Å². The van der Waals surface area contributed by atoms with E-state index in [2.05, 4.69) is 63.3 Å². The minimum atomic E-state index is -4.91. The number of nitro groups is 1. The number of nitrogens with zero attached hydrogens (tertiary/aromatic N) is 5. The second-order valence-corrected chi connectivity index (χ2v) is 21.3. The number of carbonyl (C=O) groups excluding carboxylic acids is 1. The predicted molar refractivity (Wildman–Crippen MR) is 252 cm³/mol. The van der Waals surface area contributed by atoms with Gasteiger partial charge in [-0.2, -0.15) is 0 Å². The number of halogens is 2. The molecule has 4 aliphatic rings. The van der Waals surface area contributed by atoms with Crippen molar-refractivity contribution in [3.8, 4) is 11.5 Å². The summed E-state index contributed by atoms with van der Waals surface area (Å²) in [5.74, 6) is -1.44. The number of hydrogen-bond acceptors (Lipinski definition) is 13. The number of H-pyrrole nitrogens is 1. The van der Waals surface area contributed by atoms with Gasteiger partial charge < -0.3 is 24.7 Å². The van der Waals surface area contributed by atoms with E-state index in [1.165, 1.54) is 35.3 Å². The Morgan fingerprint density at radius 3 is 2.61 bits per heavy atom. The Morgan fingerprint density at radius 2 is 1.85 bits per heavy atom. The smallest absolute Gasteiger partial charge is 0.295 e. The van der Waals surface area contributed by atoms with Crippen molar-refractivity contribution in [2.45, 2.75) is 93.8 Å². The van der Waals surface area contributed by atoms with Crippen LogP contribution in [0.4, 0.5) is 25.8 Å². The van der Waals surface area contributed by atoms with Gasteiger partial charge in [0.15, 0.2) is 0 Å². The van der Waals surface area contributed by atoms with Crippen molar-refractivity contribution < 1.29 is 36.4 Å². The monoisotopic (exact) mass is 954 g/mol. The number of aromatic nitrogens is 3. The molecule has 19 heteroatoms. The molecule has 1 atom stereocenters. The number of nitro benzene ring substituents is 1. The lowest BCUT2D eigenvalue weighted by Gasteiger charge is -2.56. The zero-order valence-electron chi connectivity index (χ0n) is 37.2. The lowest BCUT2D eigenvalue weighted by Crippen LogP contribution is -2.55. The van der Waals surface area contributed by atoms with Gasteiger partial charge in [0.1, 0.15) is 44.7 Å². The van der Waals surface area contributed by atoms with Gasteiger partial charge >= 0.3 is 0 Å². The summed E-state index contributed by atoms with van der Waals surface area (Å²) in [7, 11) is -4.91. The summed E-state index contributed by atoms with van der Waals surface area (Å²) in [6.07, 6.45) is 9.54. The molecule has 352 valence electrons. The fourth-order valence-corrected chi connectivity index (χ4v) is 12.8. The molecule has 3 N–H and O–H groups in total. The number of nitrogens with one attached hydrogen (secondary N) is 3. The van der Waals surface area contributed by atoms with Gasteiger partial charge in [-0.05, 0) is 85.7 Å². The van der Waals surface area contributed by atoms with Gasteiger partial charge in [0.2, 0.25) is 0 Å². The van der Waals surface area contributed by atoms with E-state index in [0.717, 1.165) is 62.1 Å². The van der Waals surface area contributed by atoms with Crippen LogP contribution in [0.2, 0.25) is 0 Å². The van der Waals surface area contributed by atoms with E-state index in [1.54, 1.807) is 18.3 Å². The molecule has 15 nitrogen and oxygen atoms in total. The van der Waals surface area contributed by atoms with E-state index in [0.29, 0.717) is 42.1 Å². The number of likely N-dealkylation sites (tertiary alicyclic amines) is 1. The number of ether oxygens (including phenoxy) is 2. The van der Waals surface area contributed by atoms with Crippen molar-refractivity contribution in [3.63, 3.8) is 0 Å². The highest BCUT2D eigenvalue weighted by Crippen LogP contribution is 2.54. The molecule has 0 bridgehead atoms. The number of fused-ring (bicyclic) bond motifs is 2. The molecule has 0 unspecified atom stereocenters. The number of rotatable bonds is 13. The predicted octanol–water partition coefficient (Wildman–Crippen LogP) is 9.77. The third-order valence-electron chi connectivity index (χ3n) is 14.4. The fraction of sp³-hybridized carbons (Fsp3) is 0.438. The zero-order valence-corrected chi connectivity index (χ0v) is 38.9. The van der Waals surface area contributed by atoms with Crippen LogP contribution in [0.15, 0.2) is 77.4 Å². The summed E-state index contributed by atoms with van der Waals surface area (Å²) in [6.45, 7) is 6.86. The molecule has 1 spiro atoms. The molecule has 1 aliphatic carbocycles. The van der Waals surface area contributed by atoms with Crippen molar-refractivity contribution in [3.05, 3.63) is 105 Å². The number of sulfonamides is 1. The van der Waals surface area contributed by atoms with Gasteiger partial charge in [0.05, 0.1) is 32.6 Å². The lowest BCUT2D eigenvalue weighted by atomic mass is 9.59. The molecule has 1 amide bonds. The van der Waals surface area contributed by atoms with Crippen LogP contribution in [-0.4, -0.2) is 90.2 Å². The number of anilines is 2. The zero-order chi connectivity index (χ0) is 46.7. The highest BCUT2D eigenvalue weighted by molar-refractivity contribution is 7.90. The molecule has 67 heavy (non-hydrogen) atoms. The molecule has 3 saturated heterocycles. The van der Waals surface area contributed by atoms with E-state index in [4.69, 9.17) is 9.47 Å². The number of piperidine rings is 1. The van der Waals surface area contributed by atoms with Crippen LogP contribution in [0.25, 0.3) is 21.3 Å². The van der Waals surface area contributed by atoms with Crippen LogP contribution in [0.5, 0.6) is 11.5 Å². The minimum absolute atomic E-state index is 0.0797. The molecular weight excluding hydrogens is 903 g/mol. The first kappa shape index (κ1) is 45.0. The molecule has 0 radical (unpaired) electrons. The largest absolute Gasteiger partial charge is 0.455 e. The van der Waals surface area contributed by atoms with Gasteiger partial charge in [-0.3, -0.25) is 19.8 Å². The maximum absolute atomic E-state index is 16.5. The van der Waals surface area contributed by atoms with Crippen molar-refractivity contribution in [1.29, 1.82) is 0 Å². The Balaban J connectivity index is 0.896. The number of aromatic amines is 1. The Bertz CT molecular complexity index is 2980. The van der Waals surface area contributed by atoms with E-state index in [1.807, 2.05) is 9.62 Å². The first-order valence-corrected chi connectivity index (χ1v) is 25.2. The summed E-state index contributed by atoms with van der Waals surface area (Å²) in [5, 5.41) is 16.0. The summed E-state index contributed by atoms with van der Waals surface area (Å²) < 4.78 is 74.0. The fourth-order valence-electron chi connectivity index (χ4n) is 10.7. The maximum Gasteiger partial charge on any atom is 0.295 e. The quantitative estimate of drug-likeness (QED) is 0.0737. The Morgan fingerprint density at radius 1 is 1.07 bits per heavy atom. The standard InChI is InChI=1S/C48H52F2N8O7S2/c1-29(2)33-6-3-4-7-34(33)37-8-5-15-57(37)31-24-47(25-31)10-16-56(17-11-47)38-22-40(65-32-20-30-9-14-51-45(30)52-26-32)35(21-36(38)49)46(59)55-67(62,63)41-23-39(58(60)61)42(44-43(41)54-28-66-44)53-27-48(50)12-18-64-19-13-48/h3-4,6-7,9,14,20-23,26,28-29,31,37,53H,5,8,10-13,15-19,24-25,27H2,1-2H3,(H,51,52)(H,55,59)/t37-/m0/s1. The van der Waals surface area contributed by atoms with Crippen molar-refractivity contribution in [2.24, 2.45) is 5.41 Å². The summed E-state index contributed by atoms with van der Waals surface area (Å²) in [4.78, 5) is 41.4. The van der Waals surface area contributed by atoms with E-state index >= 15 is 8.78 Å². The Hall–Kier alpha value is -5.76. The van der Waals surface area contributed by atoms with Crippen molar-refractivity contribution >= 4 is 65.6 Å². The molecule has 3 aromatic carbocycles. The van der Waals surface area contributed by atoms with Gasteiger partial charge in [0.25, 0.3) is 21.6 Å². The number of alkyl halides is 1. The third kappa shape index (κ3) is 8.70.